The van der Waals surface area contributed by atoms with Gasteiger partial charge in [-0.1, -0.05) is 84.9 Å². The summed E-state index contributed by atoms with van der Waals surface area (Å²) in [5, 5.41) is 7.68. The van der Waals surface area contributed by atoms with Crippen LogP contribution in [0.3, 0.4) is 0 Å². The summed E-state index contributed by atoms with van der Waals surface area (Å²) >= 11 is 3.01. The van der Waals surface area contributed by atoms with Crippen LogP contribution < -0.4 is 20.1 Å². The van der Waals surface area contributed by atoms with E-state index in [1.165, 1.54) is 22.7 Å². The average Bonchev–Trinajstić information content (AvgIpc) is 4.12. The number of hydrogen-bond acceptors (Lipinski definition) is 9. The maximum atomic E-state index is 14.2. The van der Waals surface area contributed by atoms with Crippen LogP contribution in [0.25, 0.3) is 53.3 Å². The third-order valence-corrected chi connectivity index (χ3v) is 13.3. The van der Waals surface area contributed by atoms with Crippen LogP contribution in [0.4, 0.5) is 11.6 Å². The minimum Gasteiger partial charge on any atom is -0.497 e. The van der Waals surface area contributed by atoms with E-state index in [1.54, 1.807) is 26.4 Å². The van der Waals surface area contributed by atoms with Gasteiger partial charge in [-0.25, -0.2) is 20.0 Å². The molecule has 4 heterocycles. The number of fused-ring (bicyclic) bond motifs is 2. The smallest absolute Gasteiger partial charge is 0.257 e. The van der Waals surface area contributed by atoms with E-state index in [0.29, 0.717) is 78.2 Å². The highest BCUT2D eigenvalue weighted by molar-refractivity contribution is 7.21. The molecule has 0 spiro atoms. The number of nitrogens with one attached hydrogen (secondary N) is 3. The molecule has 3 N–H and O–H groups in total. The number of methoxy groups -OCH3 is 2. The quantitative estimate of drug-likeness (QED) is 0.125. The van der Waals surface area contributed by atoms with Crippen molar-refractivity contribution in [2.24, 2.45) is 9.98 Å². The molecule has 11 nitrogen and oxygen atoms in total. The van der Waals surface area contributed by atoms with Crippen molar-refractivity contribution >= 4 is 89.4 Å². The fraction of sp³-hybridized carbons (Fsp3) is 0.0769. The first kappa shape index (κ1) is 41.0. The van der Waals surface area contributed by atoms with Crippen molar-refractivity contribution in [3.05, 3.63) is 178 Å². The van der Waals surface area contributed by atoms with Crippen LogP contribution in [0, 0.1) is 13.8 Å². The van der Waals surface area contributed by atoms with E-state index < -0.39 is 0 Å². The maximum Gasteiger partial charge on any atom is 0.257 e. The van der Waals surface area contributed by atoms with E-state index in [2.05, 4.69) is 15.6 Å². The molecule has 1 aliphatic rings. The molecular formula is C52H39N7O4S2. The van der Waals surface area contributed by atoms with E-state index in [9.17, 15) is 9.59 Å². The van der Waals surface area contributed by atoms with Gasteiger partial charge in [-0.2, -0.15) is 0 Å². The lowest BCUT2D eigenvalue weighted by atomic mass is 9.99. The van der Waals surface area contributed by atoms with Gasteiger partial charge >= 0.3 is 0 Å². The molecule has 13 heteroatoms. The van der Waals surface area contributed by atoms with Crippen LogP contribution in [0.2, 0.25) is 0 Å². The molecule has 9 aromatic rings. The summed E-state index contributed by atoms with van der Waals surface area (Å²) in [7, 11) is 3.24. The van der Waals surface area contributed by atoms with Crippen LogP contribution in [0.1, 0.15) is 42.4 Å². The number of anilines is 1. The van der Waals surface area contributed by atoms with E-state index in [-0.39, 0.29) is 11.8 Å². The second-order valence-corrected chi connectivity index (χ2v) is 17.3. The number of amides is 2. The summed E-state index contributed by atoms with van der Waals surface area (Å²) in [6.07, 6.45) is 0. The molecule has 3 aromatic heterocycles. The number of rotatable bonds is 10. The molecule has 0 saturated carbocycles. The number of H-pyrrole nitrogens is 1. The van der Waals surface area contributed by atoms with Gasteiger partial charge in [0.05, 0.1) is 45.8 Å². The van der Waals surface area contributed by atoms with Gasteiger partial charge in [-0.05, 0) is 96.8 Å². The molecule has 0 aliphatic carbocycles. The molecule has 2 amide bonds. The normalized spacial score (nSPS) is 13.1. The van der Waals surface area contributed by atoms with Gasteiger partial charge in [0.25, 0.3) is 11.8 Å². The fourth-order valence-electron chi connectivity index (χ4n) is 7.85. The minimum absolute atomic E-state index is 0.291. The minimum atomic E-state index is -0.325. The molecular weight excluding hydrogens is 851 g/mol. The third kappa shape index (κ3) is 7.88. The highest BCUT2D eigenvalue weighted by Crippen LogP contribution is 2.48. The number of hydrogen-bond donors (Lipinski definition) is 3. The predicted molar refractivity (Wildman–Crippen MR) is 263 cm³/mol. The molecule has 6 aromatic carbocycles. The zero-order chi connectivity index (χ0) is 44.6. The zero-order valence-electron chi connectivity index (χ0n) is 35.6. The topological polar surface area (TPSA) is 143 Å². The van der Waals surface area contributed by atoms with E-state index in [1.807, 2.05) is 147 Å². The number of aliphatic imine (C=N–C) groups is 2. The number of aromatic amines is 1. The van der Waals surface area contributed by atoms with Crippen LogP contribution >= 0.6 is 22.7 Å². The van der Waals surface area contributed by atoms with Crippen LogP contribution in [0.15, 0.2) is 156 Å². The fourth-order valence-corrected chi connectivity index (χ4v) is 9.89. The molecule has 0 fully saturated rings. The van der Waals surface area contributed by atoms with Crippen molar-refractivity contribution < 1.29 is 19.1 Å². The number of thiazole rings is 2. The Balaban J connectivity index is 1.25. The lowest BCUT2D eigenvalue weighted by Gasteiger charge is -2.11. The SMILES string of the molecule is COc1ccc(C2=C(c3nc4ccccc4s3)C(NC(=O)c3ccccc3C)=NC2=Nc2[nH]c(NC(=O)c3ccccc3C)c(-c3nc4ccccc4s3)c2-c2ccc(OC)cc2)cc1. The number of para-hydroxylation sites is 2. The monoisotopic (exact) mass is 889 g/mol. The lowest BCUT2D eigenvalue weighted by molar-refractivity contribution is 0.0975. The Labute approximate surface area is 381 Å². The number of carbonyl (C=O) groups is 2. The molecule has 10 rings (SSSR count). The predicted octanol–water partition coefficient (Wildman–Crippen LogP) is 11.9. The molecule has 1 aliphatic heterocycles. The molecule has 318 valence electrons. The van der Waals surface area contributed by atoms with Crippen molar-refractivity contribution in [2.75, 3.05) is 19.5 Å². The van der Waals surface area contributed by atoms with Crippen LogP contribution in [0.5, 0.6) is 11.5 Å². The number of aryl methyl sites for hydroxylation is 2. The van der Waals surface area contributed by atoms with E-state index in [4.69, 9.17) is 29.4 Å². The summed E-state index contributed by atoms with van der Waals surface area (Å²) in [6.45, 7) is 3.80. The standard InChI is InChI=1S/C52H39N7O4S2/c1-29-13-5-7-15-35(29)49(60)58-47-43(51-53-37-17-9-11-19-39(37)64-51)41(31-21-25-33(62-3)26-22-31)45(56-47)55-46-42(32-23-27-34(63-4)28-24-32)44(52-54-38-18-10-12-20-40(38)65-52)48(57-46)59-50(61)36-16-8-6-14-30(36)2/h5-28,56H,1-4H3,(H,58,60)(H,55,57,59,61). The Bertz CT molecular complexity index is 3350. The summed E-state index contributed by atoms with van der Waals surface area (Å²) < 4.78 is 13.1. The highest BCUT2D eigenvalue weighted by Gasteiger charge is 2.33. The first-order chi connectivity index (χ1) is 31.8. The molecule has 0 unspecified atom stereocenters. The van der Waals surface area contributed by atoms with E-state index in [0.717, 1.165) is 42.7 Å². The van der Waals surface area contributed by atoms with Crippen molar-refractivity contribution in [3.8, 4) is 33.2 Å². The van der Waals surface area contributed by atoms with Crippen LogP contribution in [-0.4, -0.2) is 52.7 Å². The Hall–Kier alpha value is -8.00. The zero-order valence-corrected chi connectivity index (χ0v) is 37.2. The summed E-state index contributed by atoms with van der Waals surface area (Å²) in [4.78, 5) is 52.8. The van der Waals surface area contributed by atoms with Gasteiger partial charge in [0, 0.05) is 22.3 Å². The van der Waals surface area contributed by atoms with Gasteiger partial charge in [0.1, 0.15) is 39.0 Å². The second-order valence-electron chi connectivity index (χ2n) is 15.2. The molecule has 0 atom stereocenters. The van der Waals surface area contributed by atoms with Gasteiger partial charge < -0.3 is 25.1 Å². The van der Waals surface area contributed by atoms with Crippen LogP contribution in [-0.2, 0) is 0 Å². The first-order valence-corrected chi connectivity index (χ1v) is 22.3. The van der Waals surface area contributed by atoms with Crippen molar-refractivity contribution in [1.29, 1.82) is 0 Å². The molecule has 0 bridgehead atoms. The van der Waals surface area contributed by atoms with Gasteiger partial charge in [0.2, 0.25) is 0 Å². The summed E-state index contributed by atoms with van der Waals surface area (Å²) in [5.41, 5.74) is 8.40. The Morgan fingerprint density at radius 3 is 1.65 bits per heavy atom. The first-order valence-electron chi connectivity index (χ1n) is 20.7. The van der Waals surface area contributed by atoms with Crippen molar-refractivity contribution in [1.82, 2.24) is 20.3 Å². The van der Waals surface area contributed by atoms with Gasteiger partial charge in [-0.15, -0.1) is 22.7 Å². The third-order valence-electron chi connectivity index (χ3n) is 11.1. The summed E-state index contributed by atoms with van der Waals surface area (Å²) in [5.74, 6) is 2.10. The average molecular weight is 890 g/mol. The van der Waals surface area contributed by atoms with Gasteiger partial charge in [-0.3, -0.25) is 9.59 Å². The summed E-state index contributed by atoms with van der Waals surface area (Å²) in [6, 6.07) is 46.0. The van der Waals surface area contributed by atoms with Gasteiger partial charge in [0.15, 0.2) is 5.84 Å². The Kier molecular flexibility index (Phi) is 10.9. The van der Waals surface area contributed by atoms with Crippen molar-refractivity contribution in [2.45, 2.75) is 13.8 Å². The molecule has 65 heavy (non-hydrogen) atoms. The number of nitrogens with zero attached hydrogens (tertiary/aromatic N) is 4. The largest absolute Gasteiger partial charge is 0.497 e. The molecule has 0 radical (unpaired) electrons. The number of aromatic nitrogens is 3. The number of carbonyl (C=O) groups excluding carboxylic acids is 2. The highest BCUT2D eigenvalue weighted by atomic mass is 32.1. The number of amidine groups is 2. The lowest BCUT2D eigenvalue weighted by Crippen LogP contribution is -2.31. The van der Waals surface area contributed by atoms with E-state index >= 15 is 0 Å². The van der Waals surface area contributed by atoms with Crippen molar-refractivity contribution in [3.63, 3.8) is 0 Å². The number of ether oxygens (including phenoxy) is 2. The molecule has 0 saturated heterocycles. The Morgan fingerprint density at radius 1 is 0.569 bits per heavy atom. The number of benzene rings is 6. The second kappa shape index (κ2) is 17.3. The Morgan fingerprint density at radius 2 is 1.08 bits per heavy atom. The maximum absolute atomic E-state index is 14.2.